The predicted octanol–water partition coefficient (Wildman–Crippen LogP) is 3.05. The lowest BCUT2D eigenvalue weighted by Crippen LogP contribution is -2.07. The summed E-state index contributed by atoms with van der Waals surface area (Å²) in [4.78, 5) is 12.6. The standard InChI is InChI=1S/C19H20N4O4S/c1-4-27-16-8-6-5-7-14(16)23-19(20-21-22-23)28-12-15(24)13-9-10-17(25-2)18(11-13)26-3/h5-11H,4,12H2,1-3H3. The van der Waals surface area contributed by atoms with Crippen LogP contribution in [0.1, 0.15) is 17.3 Å². The SMILES string of the molecule is CCOc1ccccc1-n1nnnc1SCC(=O)c1ccc(OC)c(OC)c1. The van der Waals surface area contributed by atoms with Crippen molar-refractivity contribution >= 4 is 17.5 Å². The Labute approximate surface area is 166 Å². The predicted molar refractivity (Wildman–Crippen MR) is 105 cm³/mol. The molecule has 3 rings (SSSR count). The molecular weight excluding hydrogens is 380 g/mol. The van der Waals surface area contributed by atoms with Crippen LogP contribution in [0.4, 0.5) is 0 Å². The summed E-state index contributed by atoms with van der Waals surface area (Å²) >= 11 is 1.25. The molecule has 1 aromatic heterocycles. The molecule has 0 aliphatic heterocycles. The van der Waals surface area contributed by atoms with Crippen LogP contribution in [0, 0.1) is 0 Å². The molecular formula is C19H20N4O4S. The maximum absolute atomic E-state index is 12.6. The van der Waals surface area contributed by atoms with Crippen LogP contribution in [0.5, 0.6) is 17.2 Å². The number of ether oxygens (including phenoxy) is 3. The molecule has 0 amide bonds. The van der Waals surface area contributed by atoms with Gasteiger partial charge in [-0.3, -0.25) is 4.79 Å². The van der Waals surface area contributed by atoms with Crippen molar-refractivity contribution in [2.45, 2.75) is 12.1 Å². The van der Waals surface area contributed by atoms with E-state index >= 15 is 0 Å². The number of carbonyl (C=O) groups is 1. The van der Waals surface area contributed by atoms with E-state index in [1.54, 1.807) is 30.0 Å². The summed E-state index contributed by atoms with van der Waals surface area (Å²) in [6, 6.07) is 12.5. The number of tetrazole rings is 1. The van der Waals surface area contributed by atoms with Crippen molar-refractivity contribution in [3.05, 3.63) is 48.0 Å². The van der Waals surface area contributed by atoms with Crippen LogP contribution in [0.15, 0.2) is 47.6 Å². The van der Waals surface area contributed by atoms with E-state index in [2.05, 4.69) is 15.5 Å². The normalized spacial score (nSPS) is 10.5. The van der Waals surface area contributed by atoms with Crippen LogP contribution in [0.2, 0.25) is 0 Å². The number of methoxy groups -OCH3 is 2. The topological polar surface area (TPSA) is 88.4 Å². The van der Waals surface area contributed by atoms with Crippen molar-refractivity contribution in [1.29, 1.82) is 0 Å². The lowest BCUT2D eigenvalue weighted by Gasteiger charge is -2.11. The Hall–Kier alpha value is -3.07. The van der Waals surface area contributed by atoms with Crippen LogP contribution in [0.3, 0.4) is 0 Å². The van der Waals surface area contributed by atoms with E-state index in [-0.39, 0.29) is 11.5 Å². The van der Waals surface area contributed by atoms with E-state index in [4.69, 9.17) is 14.2 Å². The molecule has 0 radical (unpaired) electrons. The number of hydrogen-bond acceptors (Lipinski definition) is 8. The van der Waals surface area contributed by atoms with Gasteiger partial charge < -0.3 is 14.2 Å². The first kappa shape index (κ1) is 19.7. The first-order valence-corrected chi connectivity index (χ1v) is 9.55. The molecule has 0 saturated heterocycles. The first-order valence-electron chi connectivity index (χ1n) is 8.56. The highest BCUT2D eigenvalue weighted by Gasteiger charge is 2.16. The molecule has 1 heterocycles. The van der Waals surface area contributed by atoms with Crippen molar-refractivity contribution in [2.24, 2.45) is 0 Å². The molecule has 0 unspecified atom stereocenters. The third kappa shape index (κ3) is 4.25. The van der Waals surface area contributed by atoms with Gasteiger partial charge in [-0.2, -0.15) is 4.68 Å². The Morgan fingerprint density at radius 3 is 2.61 bits per heavy atom. The molecule has 0 bridgehead atoms. The van der Waals surface area contributed by atoms with Gasteiger partial charge in [0.2, 0.25) is 5.16 Å². The maximum atomic E-state index is 12.6. The molecule has 0 aliphatic rings. The highest BCUT2D eigenvalue weighted by atomic mass is 32.2. The van der Waals surface area contributed by atoms with Crippen LogP contribution in [-0.4, -0.2) is 52.6 Å². The number of Topliss-reactive ketones (excluding diaryl/α,β-unsaturated/α-hetero) is 1. The molecule has 3 aromatic rings. The zero-order valence-electron chi connectivity index (χ0n) is 15.8. The van der Waals surface area contributed by atoms with Crippen molar-refractivity contribution in [1.82, 2.24) is 20.2 Å². The molecule has 0 saturated carbocycles. The molecule has 28 heavy (non-hydrogen) atoms. The van der Waals surface area contributed by atoms with Crippen molar-refractivity contribution in [3.8, 4) is 22.9 Å². The molecule has 8 nitrogen and oxygen atoms in total. The fourth-order valence-corrected chi connectivity index (χ4v) is 3.33. The smallest absolute Gasteiger partial charge is 0.214 e. The highest BCUT2D eigenvalue weighted by molar-refractivity contribution is 7.99. The lowest BCUT2D eigenvalue weighted by atomic mass is 10.1. The first-order chi connectivity index (χ1) is 13.7. The molecule has 0 N–H and O–H groups in total. The van der Waals surface area contributed by atoms with Crippen molar-refractivity contribution in [3.63, 3.8) is 0 Å². The van der Waals surface area contributed by atoms with Gasteiger partial charge in [0, 0.05) is 5.56 Å². The summed E-state index contributed by atoms with van der Waals surface area (Å²) in [6.45, 7) is 2.44. The Bertz CT molecular complexity index is 961. The average molecular weight is 400 g/mol. The maximum Gasteiger partial charge on any atom is 0.214 e. The summed E-state index contributed by atoms with van der Waals surface area (Å²) in [7, 11) is 3.08. The zero-order chi connectivity index (χ0) is 19.9. The van der Waals surface area contributed by atoms with Crippen LogP contribution < -0.4 is 14.2 Å². The van der Waals surface area contributed by atoms with E-state index in [0.29, 0.717) is 34.6 Å². The van der Waals surface area contributed by atoms with Crippen LogP contribution >= 0.6 is 11.8 Å². The largest absolute Gasteiger partial charge is 0.493 e. The van der Waals surface area contributed by atoms with Gasteiger partial charge in [0.05, 0.1) is 26.6 Å². The molecule has 0 spiro atoms. The number of thioether (sulfide) groups is 1. The zero-order valence-corrected chi connectivity index (χ0v) is 16.6. The number of carbonyl (C=O) groups excluding carboxylic acids is 1. The van der Waals surface area contributed by atoms with E-state index in [1.165, 1.54) is 18.9 Å². The van der Waals surface area contributed by atoms with Gasteiger partial charge in [-0.25, -0.2) is 0 Å². The molecule has 0 fully saturated rings. The van der Waals surface area contributed by atoms with Gasteiger partial charge in [-0.15, -0.1) is 5.10 Å². The number of para-hydroxylation sites is 2. The minimum absolute atomic E-state index is 0.0707. The summed E-state index contributed by atoms with van der Waals surface area (Å²) in [5.74, 6) is 1.85. The lowest BCUT2D eigenvalue weighted by molar-refractivity contribution is 0.102. The Kier molecular flexibility index (Phi) is 6.49. The van der Waals surface area contributed by atoms with Crippen LogP contribution in [-0.2, 0) is 0 Å². The number of ketones is 1. The Morgan fingerprint density at radius 1 is 1.07 bits per heavy atom. The summed E-state index contributed by atoms with van der Waals surface area (Å²) < 4.78 is 17.7. The Morgan fingerprint density at radius 2 is 1.86 bits per heavy atom. The third-order valence-corrected chi connectivity index (χ3v) is 4.79. The van der Waals surface area contributed by atoms with Gasteiger partial charge in [-0.1, -0.05) is 23.9 Å². The second-order valence-corrected chi connectivity index (χ2v) is 6.50. The van der Waals surface area contributed by atoms with Crippen LogP contribution in [0.25, 0.3) is 5.69 Å². The van der Waals surface area contributed by atoms with Gasteiger partial charge in [0.15, 0.2) is 17.3 Å². The number of rotatable bonds is 9. The fourth-order valence-electron chi connectivity index (χ4n) is 2.55. The molecule has 0 atom stereocenters. The van der Waals surface area contributed by atoms with Gasteiger partial charge in [0.25, 0.3) is 0 Å². The summed E-state index contributed by atoms with van der Waals surface area (Å²) in [5.41, 5.74) is 1.24. The van der Waals surface area contributed by atoms with Gasteiger partial charge >= 0.3 is 0 Å². The molecule has 146 valence electrons. The highest BCUT2D eigenvalue weighted by Crippen LogP contribution is 2.29. The van der Waals surface area contributed by atoms with Crippen molar-refractivity contribution < 1.29 is 19.0 Å². The molecule has 0 aliphatic carbocycles. The molecule has 9 heteroatoms. The second-order valence-electron chi connectivity index (χ2n) is 5.56. The van der Waals surface area contributed by atoms with E-state index in [0.717, 1.165) is 5.69 Å². The van der Waals surface area contributed by atoms with Gasteiger partial charge in [0.1, 0.15) is 11.4 Å². The number of aromatic nitrogens is 4. The Balaban J connectivity index is 1.76. The minimum Gasteiger partial charge on any atom is -0.493 e. The second kappa shape index (κ2) is 9.23. The average Bonchev–Trinajstić information content (AvgIpc) is 3.20. The van der Waals surface area contributed by atoms with Gasteiger partial charge in [-0.05, 0) is 47.7 Å². The minimum atomic E-state index is -0.0707. The number of nitrogens with zero attached hydrogens (tertiary/aromatic N) is 4. The van der Waals surface area contributed by atoms with E-state index in [9.17, 15) is 4.79 Å². The van der Waals surface area contributed by atoms with E-state index in [1.807, 2.05) is 31.2 Å². The quantitative estimate of drug-likeness (QED) is 0.400. The number of benzene rings is 2. The summed E-state index contributed by atoms with van der Waals surface area (Å²) in [6.07, 6.45) is 0. The van der Waals surface area contributed by atoms with Crippen molar-refractivity contribution in [2.75, 3.05) is 26.6 Å². The van der Waals surface area contributed by atoms with E-state index < -0.39 is 0 Å². The monoisotopic (exact) mass is 400 g/mol. The molecule has 2 aromatic carbocycles. The number of hydrogen-bond donors (Lipinski definition) is 0. The summed E-state index contributed by atoms with van der Waals surface area (Å²) in [5, 5.41) is 12.3. The third-order valence-electron chi connectivity index (χ3n) is 3.87. The fraction of sp³-hybridized carbons (Fsp3) is 0.263.